The SMILES string of the molecule is CN(c1ccc(C#N)cc1)c1ccc(Cl)cc1C(=O)O. The predicted octanol–water partition coefficient (Wildman–Crippen LogP) is 3.68. The molecule has 2 aromatic carbocycles. The first-order chi connectivity index (χ1) is 9.52. The minimum atomic E-state index is -1.04. The zero-order valence-electron chi connectivity index (χ0n) is 10.7. The Bertz CT molecular complexity index is 690. The number of nitriles is 1. The largest absolute Gasteiger partial charge is 0.478 e. The van der Waals surface area contributed by atoms with Crippen LogP contribution in [-0.4, -0.2) is 18.1 Å². The van der Waals surface area contributed by atoms with E-state index in [2.05, 4.69) is 0 Å². The normalized spacial score (nSPS) is 9.85. The van der Waals surface area contributed by atoms with Crippen LogP contribution in [-0.2, 0) is 0 Å². The van der Waals surface area contributed by atoms with E-state index in [1.807, 2.05) is 6.07 Å². The number of aromatic carboxylic acids is 1. The Balaban J connectivity index is 2.44. The lowest BCUT2D eigenvalue weighted by Gasteiger charge is -2.21. The zero-order valence-corrected chi connectivity index (χ0v) is 11.4. The standard InChI is InChI=1S/C15H11ClN2O2/c1-18(12-5-2-10(9-17)3-6-12)14-7-4-11(16)8-13(14)15(19)20/h2-8H,1H3,(H,19,20). The molecule has 2 rings (SSSR count). The first-order valence-corrected chi connectivity index (χ1v) is 6.17. The van der Waals surface area contributed by atoms with Crippen LogP contribution in [0.1, 0.15) is 15.9 Å². The molecule has 0 heterocycles. The lowest BCUT2D eigenvalue weighted by molar-refractivity contribution is 0.0697. The molecular weight excluding hydrogens is 276 g/mol. The summed E-state index contributed by atoms with van der Waals surface area (Å²) in [5.74, 6) is -1.04. The summed E-state index contributed by atoms with van der Waals surface area (Å²) in [7, 11) is 1.76. The maximum Gasteiger partial charge on any atom is 0.337 e. The van der Waals surface area contributed by atoms with Crippen molar-refractivity contribution in [2.75, 3.05) is 11.9 Å². The fraction of sp³-hybridized carbons (Fsp3) is 0.0667. The van der Waals surface area contributed by atoms with Gasteiger partial charge in [0, 0.05) is 17.8 Å². The Morgan fingerprint density at radius 3 is 2.45 bits per heavy atom. The summed E-state index contributed by atoms with van der Waals surface area (Å²) in [5.41, 5.74) is 2.00. The molecule has 0 aliphatic heterocycles. The van der Waals surface area contributed by atoms with Gasteiger partial charge in [0.25, 0.3) is 0 Å². The molecular formula is C15H11ClN2O2. The molecule has 20 heavy (non-hydrogen) atoms. The number of hydrogen-bond acceptors (Lipinski definition) is 3. The summed E-state index contributed by atoms with van der Waals surface area (Å²) in [6.07, 6.45) is 0. The summed E-state index contributed by atoms with van der Waals surface area (Å²) in [5, 5.41) is 18.4. The first-order valence-electron chi connectivity index (χ1n) is 5.79. The molecule has 0 amide bonds. The van der Waals surface area contributed by atoms with Gasteiger partial charge in [0.1, 0.15) is 0 Å². The maximum atomic E-state index is 11.3. The van der Waals surface area contributed by atoms with Gasteiger partial charge in [-0.05, 0) is 42.5 Å². The average molecular weight is 287 g/mol. The molecule has 0 saturated carbocycles. The minimum absolute atomic E-state index is 0.129. The van der Waals surface area contributed by atoms with Gasteiger partial charge in [0.2, 0.25) is 0 Å². The fourth-order valence-corrected chi connectivity index (χ4v) is 2.04. The second kappa shape index (κ2) is 5.64. The van der Waals surface area contributed by atoms with Crippen LogP contribution in [0.25, 0.3) is 0 Å². The number of anilines is 2. The van der Waals surface area contributed by atoms with E-state index in [4.69, 9.17) is 16.9 Å². The average Bonchev–Trinajstić information content (AvgIpc) is 2.46. The van der Waals surface area contributed by atoms with E-state index in [1.54, 1.807) is 48.3 Å². The summed E-state index contributed by atoms with van der Waals surface area (Å²) >= 11 is 5.83. The molecule has 0 spiro atoms. The van der Waals surface area contributed by atoms with Crippen molar-refractivity contribution in [3.63, 3.8) is 0 Å². The van der Waals surface area contributed by atoms with E-state index in [0.717, 1.165) is 5.69 Å². The molecule has 0 aliphatic carbocycles. The predicted molar refractivity (Wildman–Crippen MR) is 77.6 cm³/mol. The van der Waals surface area contributed by atoms with Crippen molar-refractivity contribution < 1.29 is 9.90 Å². The highest BCUT2D eigenvalue weighted by molar-refractivity contribution is 6.31. The summed E-state index contributed by atoms with van der Waals surface area (Å²) in [4.78, 5) is 13.0. The number of benzene rings is 2. The number of carboxylic acid groups (broad SMARTS) is 1. The monoisotopic (exact) mass is 286 g/mol. The second-order valence-corrected chi connectivity index (χ2v) is 4.62. The topological polar surface area (TPSA) is 64.3 Å². The van der Waals surface area contributed by atoms with Crippen LogP contribution in [0.15, 0.2) is 42.5 Å². The van der Waals surface area contributed by atoms with E-state index >= 15 is 0 Å². The van der Waals surface area contributed by atoms with E-state index < -0.39 is 5.97 Å². The number of rotatable bonds is 3. The number of hydrogen-bond donors (Lipinski definition) is 1. The van der Waals surface area contributed by atoms with Crippen molar-refractivity contribution in [2.24, 2.45) is 0 Å². The van der Waals surface area contributed by atoms with Crippen LogP contribution < -0.4 is 4.90 Å². The van der Waals surface area contributed by atoms with Crippen molar-refractivity contribution in [2.45, 2.75) is 0 Å². The summed E-state index contributed by atoms with van der Waals surface area (Å²) in [6.45, 7) is 0. The van der Waals surface area contributed by atoms with Gasteiger partial charge in [-0.3, -0.25) is 0 Å². The Labute approximate surface area is 121 Å². The van der Waals surface area contributed by atoms with Gasteiger partial charge in [0.05, 0.1) is 22.9 Å². The molecule has 1 N–H and O–H groups in total. The van der Waals surface area contributed by atoms with Gasteiger partial charge in [-0.25, -0.2) is 4.79 Å². The van der Waals surface area contributed by atoms with Crippen LogP contribution >= 0.6 is 11.6 Å². The minimum Gasteiger partial charge on any atom is -0.478 e. The molecule has 0 aliphatic rings. The van der Waals surface area contributed by atoms with Crippen LogP contribution in [0.5, 0.6) is 0 Å². The fourth-order valence-electron chi connectivity index (χ4n) is 1.87. The third-order valence-corrected chi connectivity index (χ3v) is 3.17. The number of carboxylic acids is 1. The van der Waals surface area contributed by atoms with Crippen LogP contribution in [0, 0.1) is 11.3 Å². The molecule has 5 heteroatoms. The third-order valence-electron chi connectivity index (χ3n) is 2.93. The highest BCUT2D eigenvalue weighted by atomic mass is 35.5. The smallest absolute Gasteiger partial charge is 0.337 e. The van der Waals surface area contributed by atoms with Gasteiger partial charge in [-0.2, -0.15) is 5.26 Å². The Kier molecular flexibility index (Phi) is 3.92. The van der Waals surface area contributed by atoms with Crippen molar-refractivity contribution in [1.82, 2.24) is 0 Å². The molecule has 0 fully saturated rings. The zero-order chi connectivity index (χ0) is 14.7. The Morgan fingerprint density at radius 2 is 1.90 bits per heavy atom. The van der Waals surface area contributed by atoms with Crippen molar-refractivity contribution in [3.05, 3.63) is 58.6 Å². The van der Waals surface area contributed by atoms with Gasteiger partial charge >= 0.3 is 5.97 Å². The van der Waals surface area contributed by atoms with Gasteiger partial charge in [-0.1, -0.05) is 11.6 Å². The van der Waals surface area contributed by atoms with Gasteiger partial charge in [-0.15, -0.1) is 0 Å². The quantitative estimate of drug-likeness (QED) is 0.935. The molecule has 0 atom stereocenters. The summed E-state index contributed by atoms with van der Waals surface area (Å²) < 4.78 is 0. The molecule has 0 bridgehead atoms. The van der Waals surface area contributed by atoms with Crippen LogP contribution in [0.3, 0.4) is 0 Å². The van der Waals surface area contributed by atoms with E-state index in [0.29, 0.717) is 16.3 Å². The van der Waals surface area contributed by atoms with Crippen molar-refractivity contribution in [3.8, 4) is 6.07 Å². The molecule has 0 saturated heterocycles. The van der Waals surface area contributed by atoms with Gasteiger partial charge in [0.15, 0.2) is 0 Å². The van der Waals surface area contributed by atoms with E-state index in [9.17, 15) is 9.90 Å². The molecule has 0 radical (unpaired) electrons. The Hall–Kier alpha value is -2.51. The van der Waals surface area contributed by atoms with E-state index in [-0.39, 0.29) is 5.56 Å². The number of carbonyl (C=O) groups is 1. The lowest BCUT2D eigenvalue weighted by Crippen LogP contribution is -2.14. The molecule has 2 aromatic rings. The number of halogens is 1. The Morgan fingerprint density at radius 1 is 1.25 bits per heavy atom. The molecule has 100 valence electrons. The second-order valence-electron chi connectivity index (χ2n) is 4.18. The molecule has 4 nitrogen and oxygen atoms in total. The van der Waals surface area contributed by atoms with Crippen molar-refractivity contribution in [1.29, 1.82) is 5.26 Å². The van der Waals surface area contributed by atoms with Gasteiger partial charge < -0.3 is 10.0 Å². The molecule has 0 unspecified atom stereocenters. The summed E-state index contributed by atoms with van der Waals surface area (Å²) in [6, 6.07) is 13.6. The third kappa shape index (κ3) is 2.73. The highest BCUT2D eigenvalue weighted by Gasteiger charge is 2.15. The van der Waals surface area contributed by atoms with Crippen LogP contribution in [0.4, 0.5) is 11.4 Å². The highest BCUT2D eigenvalue weighted by Crippen LogP contribution is 2.29. The number of nitrogens with zero attached hydrogens (tertiary/aromatic N) is 2. The lowest BCUT2D eigenvalue weighted by atomic mass is 10.1. The van der Waals surface area contributed by atoms with E-state index in [1.165, 1.54) is 6.07 Å². The maximum absolute atomic E-state index is 11.3. The molecule has 0 aromatic heterocycles. The first kappa shape index (κ1) is 13.9. The van der Waals surface area contributed by atoms with Crippen LogP contribution in [0.2, 0.25) is 5.02 Å². The van der Waals surface area contributed by atoms with Crippen molar-refractivity contribution >= 4 is 28.9 Å².